The molecule has 0 aliphatic carbocycles. The Morgan fingerprint density at radius 3 is 2.37 bits per heavy atom. The summed E-state index contributed by atoms with van der Waals surface area (Å²) in [4.78, 5) is 26.7. The van der Waals surface area contributed by atoms with E-state index in [1.807, 2.05) is 37.3 Å². The number of piperidine rings is 1. The number of carbonyl (C=O) groups excluding carboxylic acids is 2. The molecule has 0 spiro atoms. The first-order chi connectivity index (χ1) is 14.6. The third kappa shape index (κ3) is 5.32. The predicted octanol–water partition coefficient (Wildman–Crippen LogP) is 3.91. The smallest absolute Gasteiger partial charge is 0.409 e. The number of amides is 2. The fraction of sp³-hybridized carbons (Fsp3) is 0.417. The lowest BCUT2D eigenvalue weighted by atomic mass is 9.73. The van der Waals surface area contributed by atoms with Crippen LogP contribution in [-0.4, -0.2) is 50.3 Å². The van der Waals surface area contributed by atoms with Crippen LogP contribution in [0.5, 0.6) is 5.75 Å². The molecular formula is C24H30N2O4. The predicted molar refractivity (Wildman–Crippen MR) is 116 cm³/mol. The second-order valence-electron chi connectivity index (χ2n) is 7.73. The molecule has 1 N–H and O–H groups in total. The average Bonchev–Trinajstić information content (AvgIpc) is 2.79. The van der Waals surface area contributed by atoms with Gasteiger partial charge in [-0.3, -0.25) is 4.79 Å². The fourth-order valence-corrected chi connectivity index (χ4v) is 4.02. The Labute approximate surface area is 178 Å². The number of ether oxygens (including phenoxy) is 2. The van der Waals surface area contributed by atoms with Gasteiger partial charge >= 0.3 is 6.09 Å². The Morgan fingerprint density at radius 1 is 1.03 bits per heavy atom. The largest absolute Gasteiger partial charge is 0.496 e. The molecule has 1 fully saturated rings. The summed E-state index contributed by atoms with van der Waals surface area (Å²) in [5, 5.41) is 3.12. The number of hydrogen-bond donors (Lipinski definition) is 1. The number of methoxy groups -OCH3 is 1. The molecule has 1 aliphatic heterocycles. The summed E-state index contributed by atoms with van der Waals surface area (Å²) in [6.07, 6.45) is 2.18. The second kappa shape index (κ2) is 10.1. The third-order valence-corrected chi connectivity index (χ3v) is 5.75. The molecule has 3 rings (SSSR count). The van der Waals surface area contributed by atoms with Crippen LogP contribution >= 0.6 is 0 Å². The van der Waals surface area contributed by atoms with Crippen LogP contribution < -0.4 is 10.1 Å². The van der Waals surface area contributed by atoms with Crippen molar-refractivity contribution >= 4 is 12.0 Å². The van der Waals surface area contributed by atoms with E-state index < -0.39 is 0 Å². The van der Waals surface area contributed by atoms with Crippen molar-refractivity contribution in [1.82, 2.24) is 10.2 Å². The van der Waals surface area contributed by atoms with Crippen molar-refractivity contribution in [2.75, 3.05) is 33.4 Å². The van der Waals surface area contributed by atoms with Crippen molar-refractivity contribution in [3.63, 3.8) is 0 Å². The first-order valence-corrected chi connectivity index (χ1v) is 10.4. The highest BCUT2D eigenvalue weighted by molar-refractivity contribution is 5.96. The zero-order valence-corrected chi connectivity index (χ0v) is 17.7. The van der Waals surface area contributed by atoms with E-state index in [1.165, 1.54) is 5.56 Å². The Hall–Kier alpha value is -3.02. The summed E-state index contributed by atoms with van der Waals surface area (Å²) in [5.41, 5.74) is 1.63. The summed E-state index contributed by atoms with van der Waals surface area (Å²) < 4.78 is 10.5. The lowest BCUT2D eigenvalue weighted by Crippen LogP contribution is -2.49. The quantitative estimate of drug-likeness (QED) is 0.752. The molecule has 0 bridgehead atoms. The summed E-state index contributed by atoms with van der Waals surface area (Å²) in [6, 6.07) is 17.5. The van der Waals surface area contributed by atoms with Gasteiger partial charge in [0.2, 0.25) is 0 Å². The van der Waals surface area contributed by atoms with Crippen molar-refractivity contribution in [1.29, 1.82) is 0 Å². The standard InChI is InChI=1S/C24H30N2O4/c1-3-30-23(28)26-15-13-24(14-16-26,17-19-9-5-4-6-10-19)18-25-22(27)20-11-7-8-12-21(20)29-2/h4-12H,3,13-18H2,1-2H3,(H,25,27). The molecule has 1 heterocycles. The molecule has 0 saturated carbocycles. The molecule has 160 valence electrons. The SMILES string of the molecule is CCOC(=O)N1CCC(CNC(=O)c2ccccc2OC)(Cc2ccccc2)CC1. The zero-order chi connectivity index (χ0) is 21.4. The van der Waals surface area contributed by atoms with Crippen LogP contribution in [-0.2, 0) is 11.2 Å². The first-order valence-electron chi connectivity index (χ1n) is 10.4. The van der Waals surface area contributed by atoms with Crippen molar-refractivity contribution < 1.29 is 19.1 Å². The molecule has 1 aliphatic rings. The van der Waals surface area contributed by atoms with E-state index in [0.717, 1.165) is 19.3 Å². The molecule has 0 aromatic heterocycles. The number of hydrogen-bond acceptors (Lipinski definition) is 4. The Kier molecular flexibility index (Phi) is 7.33. The minimum absolute atomic E-state index is 0.123. The lowest BCUT2D eigenvalue weighted by molar-refractivity contribution is 0.0642. The number of benzene rings is 2. The van der Waals surface area contributed by atoms with Gasteiger partial charge in [-0.2, -0.15) is 0 Å². The topological polar surface area (TPSA) is 67.9 Å². The van der Waals surface area contributed by atoms with Gasteiger partial charge in [0.05, 0.1) is 19.3 Å². The molecule has 30 heavy (non-hydrogen) atoms. The second-order valence-corrected chi connectivity index (χ2v) is 7.73. The minimum Gasteiger partial charge on any atom is -0.496 e. The maximum Gasteiger partial charge on any atom is 0.409 e. The van der Waals surface area contributed by atoms with E-state index in [4.69, 9.17) is 9.47 Å². The van der Waals surface area contributed by atoms with Crippen LogP contribution in [0.15, 0.2) is 54.6 Å². The highest BCUT2D eigenvalue weighted by atomic mass is 16.6. The molecule has 0 unspecified atom stereocenters. The van der Waals surface area contributed by atoms with Crippen molar-refractivity contribution in [2.24, 2.45) is 5.41 Å². The number of para-hydroxylation sites is 1. The number of nitrogens with one attached hydrogen (secondary N) is 1. The van der Waals surface area contributed by atoms with Gasteiger partial charge in [0.15, 0.2) is 0 Å². The Bertz CT molecular complexity index is 845. The minimum atomic E-state index is -0.260. The molecule has 0 radical (unpaired) electrons. The maximum absolute atomic E-state index is 12.8. The van der Waals surface area contributed by atoms with Gasteiger partial charge < -0.3 is 19.7 Å². The third-order valence-electron chi connectivity index (χ3n) is 5.75. The van der Waals surface area contributed by atoms with Crippen molar-refractivity contribution in [3.05, 3.63) is 65.7 Å². The van der Waals surface area contributed by atoms with E-state index >= 15 is 0 Å². The van der Waals surface area contributed by atoms with Gasteiger partial charge in [0.1, 0.15) is 5.75 Å². The van der Waals surface area contributed by atoms with E-state index in [-0.39, 0.29) is 17.4 Å². The number of carbonyl (C=O) groups is 2. The van der Waals surface area contributed by atoms with Crippen LogP contribution in [0.4, 0.5) is 4.79 Å². The molecule has 0 atom stereocenters. The zero-order valence-electron chi connectivity index (χ0n) is 17.7. The highest BCUT2D eigenvalue weighted by Crippen LogP contribution is 2.35. The normalized spacial score (nSPS) is 15.3. The number of likely N-dealkylation sites (tertiary alicyclic amines) is 1. The highest BCUT2D eigenvalue weighted by Gasteiger charge is 2.37. The van der Waals surface area contributed by atoms with Crippen molar-refractivity contribution in [3.8, 4) is 5.75 Å². The summed E-state index contributed by atoms with van der Waals surface area (Å²) in [7, 11) is 1.56. The van der Waals surface area contributed by atoms with Crippen LogP contribution in [0, 0.1) is 5.41 Å². The van der Waals surface area contributed by atoms with E-state index in [1.54, 1.807) is 24.1 Å². The van der Waals surface area contributed by atoms with Gasteiger partial charge in [0, 0.05) is 19.6 Å². The molecule has 6 heteroatoms. The molecular weight excluding hydrogens is 380 g/mol. The fourth-order valence-electron chi connectivity index (χ4n) is 4.02. The molecule has 2 amide bonds. The van der Waals surface area contributed by atoms with Gasteiger partial charge in [0.25, 0.3) is 5.91 Å². The summed E-state index contributed by atoms with van der Waals surface area (Å²) in [5.74, 6) is 0.414. The molecule has 2 aromatic rings. The molecule has 6 nitrogen and oxygen atoms in total. The van der Waals surface area contributed by atoms with E-state index in [0.29, 0.717) is 37.6 Å². The van der Waals surface area contributed by atoms with E-state index in [9.17, 15) is 9.59 Å². The monoisotopic (exact) mass is 410 g/mol. The Balaban J connectivity index is 1.72. The van der Waals surface area contributed by atoms with Crippen LogP contribution in [0.25, 0.3) is 0 Å². The van der Waals surface area contributed by atoms with Gasteiger partial charge in [-0.25, -0.2) is 4.79 Å². The number of nitrogens with zero attached hydrogens (tertiary/aromatic N) is 1. The lowest BCUT2D eigenvalue weighted by Gasteiger charge is -2.41. The maximum atomic E-state index is 12.8. The molecule has 2 aromatic carbocycles. The number of rotatable bonds is 7. The van der Waals surface area contributed by atoms with E-state index in [2.05, 4.69) is 17.4 Å². The van der Waals surface area contributed by atoms with Crippen LogP contribution in [0.1, 0.15) is 35.7 Å². The van der Waals surface area contributed by atoms with Gasteiger partial charge in [-0.05, 0) is 49.3 Å². The van der Waals surface area contributed by atoms with Crippen LogP contribution in [0.3, 0.4) is 0 Å². The summed E-state index contributed by atoms with van der Waals surface area (Å²) in [6.45, 7) is 3.97. The Morgan fingerprint density at radius 2 is 1.70 bits per heavy atom. The first kappa shape index (κ1) is 21.7. The van der Waals surface area contributed by atoms with Crippen molar-refractivity contribution in [2.45, 2.75) is 26.2 Å². The summed E-state index contributed by atoms with van der Waals surface area (Å²) >= 11 is 0. The van der Waals surface area contributed by atoms with Crippen LogP contribution in [0.2, 0.25) is 0 Å². The molecule has 1 saturated heterocycles. The van der Waals surface area contributed by atoms with Gasteiger partial charge in [-0.1, -0.05) is 42.5 Å². The van der Waals surface area contributed by atoms with Gasteiger partial charge in [-0.15, -0.1) is 0 Å². The average molecular weight is 411 g/mol.